The van der Waals surface area contributed by atoms with Gasteiger partial charge in [0.2, 0.25) is 0 Å². The van der Waals surface area contributed by atoms with Crippen molar-refractivity contribution in [3.8, 4) is 0 Å². The Hall–Kier alpha value is 1.36. The van der Waals surface area contributed by atoms with Gasteiger partial charge in [-0.3, -0.25) is 0 Å². The zero-order valence-corrected chi connectivity index (χ0v) is 7.04. The summed E-state index contributed by atoms with van der Waals surface area (Å²) in [5.41, 5.74) is 0. The van der Waals surface area contributed by atoms with E-state index in [0.29, 0.717) is 0 Å². The van der Waals surface area contributed by atoms with Gasteiger partial charge < -0.3 is 16.7 Å². The molecule has 4 nitrogen and oxygen atoms in total. The van der Waals surface area contributed by atoms with Gasteiger partial charge in [0.15, 0.2) is 0 Å². The number of rotatable bonds is 0. The first-order valence-corrected chi connectivity index (χ1v) is 0.548. The van der Waals surface area contributed by atoms with Crippen molar-refractivity contribution in [3.05, 3.63) is 15.3 Å². The number of hydrogen-bond acceptors (Lipinski definition) is 3. The quantitative estimate of drug-likeness (QED) is 0.217. The minimum absolute atomic E-state index is 0. The molecule has 0 N–H and O–H groups in total. The van der Waals surface area contributed by atoms with E-state index in [4.69, 9.17) is 15.3 Å². The van der Waals surface area contributed by atoms with Crippen molar-refractivity contribution in [2.45, 2.75) is 0 Å². The largest absolute Gasteiger partial charge is 1.00 e. The molecule has 0 aromatic rings. The summed E-state index contributed by atoms with van der Waals surface area (Å²) in [6.45, 7) is 0. The van der Waals surface area contributed by atoms with Crippen LogP contribution in [-0.4, -0.2) is 5.09 Å². The zero-order valence-electron chi connectivity index (χ0n) is 3.97. The van der Waals surface area contributed by atoms with Crippen molar-refractivity contribution in [3.63, 3.8) is 0 Å². The van der Waals surface area contributed by atoms with Crippen LogP contribution in [0.2, 0.25) is 0 Å². The molecule has 0 aliphatic rings. The van der Waals surface area contributed by atoms with Crippen LogP contribution in [0.1, 0.15) is 1.43 Å². The first-order chi connectivity index (χ1) is 1.73. The average molecular weight is 166 g/mol. The van der Waals surface area contributed by atoms with Crippen LogP contribution < -0.4 is 51.4 Å². The standard InChI is InChI=1S/Cu.K.NO3.H/c;;2-1(3)4;/q2*+1;2*-1. The fraction of sp³-hybridized carbons (Fsp3) is 0. The number of hydrogen-bond donors (Lipinski definition) is 0. The Morgan fingerprint density at radius 3 is 1.50 bits per heavy atom. The van der Waals surface area contributed by atoms with Crippen LogP contribution in [0, 0.1) is 15.3 Å². The van der Waals surface area contributed by atoms with Crippen LogP contribution in [0.4, 0.5) is 0 Å². The fourth-order valence-corrected chi connectivity index (χ4v) is 0. The second kappa shape index (κ2) is 9.61. The smallest absolute Gasteiger partial charge is 1.00 e. The van der Waals surface area contributed by atoms with Gasteiger partial charge in [-0.1, -0.05) is 0 Å². The van der Waals surface area contributed by atoms with Crippen LogP contribution >= 0.6 is 0 Å². The summed E-state index contributed by atoms with van der Waals surface area (Å²) < 4.78 is 0. The molecule has 0 atom stereocenters. The van der Waals surface area contributed by atoms with E-state index < -0.39 is 5.09 Å². The maximum Gasteiger partial charge on any atom is 1.00 e. The molecule has 0 aliphatic carbocycles. The minimum Gasteiger partial charge on any atom is -1.00 e. The molecule has 0 radical (unpaired) electrons. The van der Waals surface area contributed by atoms with E-state index in [1.807, 2.05) is 0 Å². The monoisotopic (exact) mass is 165 g/mol. The summed E-state index contributed by atoms with van der Waals surface area (Å²) >= 11 is 0. The van der Waals surface area contributed by atoms with Crippen molar-refractivity contribution in [2.75, 3.05) is 0 Å². The van der Waals surface area contributed by atoms with Crippen LogP contribution in [0.5, 0.6) is 0 Å². The SMILES string of the molecule is O=[N+]([O-])[O-].[Cu+].[H-].[K+]. The predicted octanol–water partition coefficient (Wildman–Crippen LogP) is -3.13. The van der Waals surface area contributed by atoms with Gasteiger partial charge in [0.05, 0.1) is 5.09 Å². The van der Waals surface area contributed by atoms with Crippen LogP contribution in [0.15, 0.2) is 0 Å². The molecule has 0 unspecified atom stereocenters. The number of nitrogens with zero attached hydrogens (tertiary/aromatic N) is 1. The van der Waals surface area contributed by atoms with Gasteiger partial charge in [0.1, 0.15) is 0 Å². The van der Waals surface area contributed by atoms with Crippen molar-refractivity contribution < 1.29 is 75.0 Å². The van der Waals surface area contributed by atoms with Crippen molar-refractivity contribution in [1.29, 1.82) is 0 Å². The summed E-state index contributed by atoms with van der Waals surface area (Å²) in [6.07, 6.45) is 0. The van der Waals surface area contributed by atoms with E-state index in [9.17, 15) is 0 Å². The normalized spacial score (nSPS) is 4.00. The fourth-order valence-electron chi connectivity index (χ4n) is 0. The summed E-state index contributed by atoms with van der Waals surface area (Å²) in [7, 11) is 0. The molecule has 0 heterocycles. The Kier molecular flexibility index (Phi) is 25.1. The average Bonchev–Trinajstić information content (AvgIpc) is 0.811. The molecule has 0 aromatic heterocycles. The van der Waals surface area contributed by atoms with Gasteiger partial charge in [0, 0.05) is 0 Å². The summed E-state index contributed by atoms with van der Waals surface area (Å²) in [5, 5.41) is 14.8. The Bertz CT molecular complexity index is 37.9. The molecule has 0 saturated heterocycles. The van der Waals surface area contributed by atoms with Gasteiger partial charge in [-0.15, -0.1) is 0 Å². The van der Waals surface area contributed by atoms with Gasteiger partial charge in [-0.25, -0.2) is 0 Å². The van der Waals surface area contributed by atoms with Crippen molar-refractivity contribution in [2.24, 2.45) is 0 Å². The van der Waals surface area contributed by atoms with Crippen LogP contribution in [-0.2, 0) is 17.1 Å². The maximum atomic E-state index is 8.25. The third-order valence-electron chi connectivity index (χ3n) is 0. The molecular formula is HCuKNO3. The summed E-state index contributed by atoms with van der Waals surface area (Å²) in [5.74, 6) is 0. The Morgan fingerprint density at radius 1 is 1.50 bits per heavy atom. The van der Waals surface area contributed by atoms with Crippen molar-refractivity contribution >= 4 is 0 Å². The van der Waals surface area contributed by atoms with Crippen LogP contribution in [0.25, 0.3) is 0 Å². The van der Waals surface area contributed by atoms with E-state index in [1.54, 1.807) is 0 Å². The third kappa shape index (κ3) is 55.3. The third-order valence-corrected chi connectivity index (χ3v) is 0. The van der Waals surface area contributed by atoms with E-state index in [2.05, 4.69) is 0 Å². The van der Waals surface area contributed by atoms with Crippen LogP contribution in [0.3, 0.4) is 0 Å². The van der Waals surface area contributed by atoms with E-state index in [-0.39, 0.29) is 69.9 Å². The molecule has 6 heteroatoms. The van der Waals surface area contributed by atoms with Gasteiger partial charge in [-0.05, 0) is 0 Å². The predicted molar refractivity (Wildman–Crippen MR) is 11.5 cm³/mol. The Labute approximate surface area is 88.8 Å². The van der Waals surface area contributed by atoms with Crippen molar-refractivity contribution in [1.82, 2.24) is 0 Å². The topological polar surface area (TPSA) is 66.2 Å². The summed E-state index contributed by atoms with van der Waals surface area (Å²) in [6, 6.07) is 0. The molecule has 36 valence electrons. The second-order valence-electron chi connectivity index (χ2n) is 0.224. The molecule has 0 rings (SSSR count). The summed E-state index contributed by atoms with van der Waals surface area (Å²) in [4.78, 5) is 8.25. The van der Waals surface area contributed by atoms with E-state index in [0.717, 1.165) is 0 Å². The first-order valence-electron chi connectivity index (χ1n) is 0.548. The second-order valence-corrected chi connectivity index (χ2v) is 0.224. The molecule has 0 fully saturated rings. The van der Waals surface area contributed by atoms with E-state index in [1.165, 1.54) is 0 Å². The van der Waals surface area contributed by atoms with Gasteiger partial charge in [-0.2, -0.15) is 0 Å². The molecule has 0 spiro atoms. The first kappa shape index (κ1) is 15.7. The molecule has 6 heavy (non-hydrogen) atoms. The molecule has 0 aliphatic heterocycles. The molecule has 0 saturated carbocycles. The minimum atomic E-state index is -1.75. The Balaban J connectivity index is -0.0000000150. The maximum absolute atomic E-state index is 8.25. The van der Waals surface area contributed by atoms with Gasteiger partial charge in [0.25, 0.3) is 0 Å². The molecule has 0 bridgehead atoms. The Morgan fingerprint density at radius 2 is 1.50 bits per heavy atom. The van der Waals surface area contributed by atoms with Gasteiger partial charge >= 0.3 is 68.5 Å². The molecular weight excluding hydrogens is 165 g/mol. The van der Waals surface area contributed by atoms with E-state index >= 15 is 0 Å². The molecule has 0 aromatic carbocycles. The molecule has 0 amide bonds. The zero-order chi connectivity index (χ0) is 3.58.